The minimum absolute atomic E-state index is 0.0292. The summed E-state index contributed by atoms with van der Waals surface area (Å²) in [5, 5.41) is 9.02. The predicted molar refractivity (Wildman–Crippen MR) is 83.9 cm³/mol. The van der Waals surface area contributed by atoms with E-state index in [1.54, 1.807) is 12.1 Å². The van der Waals surface area contributed by atoms with E-state index < -0.39 is 21.5 Å². The minimum atomic E-state index is -3.89. The Labute approximate surface area is 129 Å². The normalized spacial score (nSPS) is 12.1. The molecule has 0 heterocycles. The van der Waals surface area contributed by atoms with Gasteiger partial charge in [-0.05, 0) is 37.1 Å². The molecule has 2 aromatic carbocycles. The number of rotatable bonds is 5. The average molecular weight is 319 g/mol. The molecule has 0 aliphatic carbocycles. The maximum absolute atomic E-state index is 12.2. The standard InChI is InChI=1S/C16H17NO4S/c1-16(2,15(18)19)17-22(20,21)14-10-8-13(9-11-14)12-6-4-3-5-7-12/h3-11,17H,1-2H3,(H,18,19). The van der Waals surface area contributed by atoms with Crippen LogP contribution in [0.4, 0.5) is 0 Å². The Hall–Kier alpha value is -2.18. The highest BCUT2D eigenvalue weighted by atomic mass is 32.2. The molecule has 6 heteroatoms. The van der Waals surface area contributed by atoms with Crippen LogP contribution >= 0.6 is 0 Å². The first-order valence-corrected chi connectivity index (χ1v) is 8.13. The van der Waals surface area contributed by atoms with E-state index in [1.165, 1.54) is 26.0 Å². The van der Waals surface area contributed by atoms with Gasteiger partial charge in [0.15, 0.2) is 0 Å². The van der Waals surface area contributed by atoms with Crippen molar-refractivity contribution < 1.29 is 18.3 Å². The number of carboxylic acid groups (broad SMARTS) is 1. The summed E-state index contributed by atoms with van der Waals surface area (Å²) >= 11 is 0. The molecular formula is C16H17NO4S. The van der Waals surface area contributed by atoms with Gasteiger partial charge >= 0.3 is 5.97 Å². The first kappa shape index (κ1) is 16.2. The summed E-state index contributed by atoms with van der Waals surface area (Å²) in [6.07, 6.45) is 0. The smallest absolute Gasteiger partial charge is 0.324 e. The van der Waals surface area contributed by atoms with Crippen LogP contribution in [-0.4, -0.2) is 25.0 Å². The van der Waals surface area contributed by atoms with Crippen LogP contribution in [0.15, 0.2) is 59.5 Å². The van der Waals surface area contributed by atoms with E-state index in [1.807, 2.05) is 30.3 Å². The topological polar surface area (TPSA) is 83.5 Å². The van der Waals surface area contributed by atoms with Crippen molar-refractivity contribution in [1.29, 1.82) is 0 Å². The van der Waals surface area contributed by atoms with E-state index in [0.29, 0.717) is 0 Å². The molecule has 22 heavy (non-hydrogen) atoms. The highest BCUT2D eigenvalue weighted by Crippen LogP contribution is 2.21. The molecule has 2 rings (SSSR count). The first-order valence-electron chi connectivity index (χ1n) is 6.65. The van der Waals surface area contributed by atoms with Crippen LogP contribution in [0.5, 0.6) is 0 Å². The summed E-state index contributed by atoms with van der Waals surface area (Å²) in [5.74, 6) is -1.24. The Morgan fingerprint density at radius 2 is 1.45 bits per heavy atom. The maximum Gasteiger partial charge on any atom is 0.324 e. The van der Waals surface area contributed by atoms with Crippen molar-refractivity contribution in [2.24, 2.45) is 0 Å². The van der Waals surface area contributed by atoms with Gasteiger partial charge < -0.3 is 5.11 Å². The van der Waals surface area contributed by atoms with E-state index in [-0.39, 0.29) is 4.90 Å². The van der Waals surface area contributed by atoms with Crippen molar-refractivity contribution in [2.45, 2.75) is 24.3 Å². The maximum atomic E-state index is 12.2. The number of hydrogen-bond acceptors (Lipinski definition) is 3. The van der Waals surface area contributed by atoms with Crippen LogP contribution in [0.25, 0.3) is 11.1 Å². The summed E-state index contributed by atoms with van der Waals surface area (Å²) in [6, 6.07) is 15.9. The van der Waals surface area contributed by atoms with E-state index >= 15 is 0 Å². The van der Waals surface area contributed by atoms with Gasteiger partial charge in [0.1, 0.15) is 5.54 Å². The Morgan fingerprint density at radius 3 is 1.95 bits per heavy atom. The number of carbonyl (C=O) groups is 1. The number of sulfonamides is 1. The van der Waals surface area contributed by atoms with E-state index in [4.69, 9.17) is 5.11 Å². The zero-order chi connectivity index (χ0) is 16.4. The zero-order valence-electron chi connectivity index (χ0n) is 12.3. The third-order valence-corrected chi connectivity index (χ3v) is 4.87. The first-order chi connectivity index (χ1) is 10.2. The average Bonchev–Trinajstić information content (AvgIpc) is 2.47. The molecule has 0 aromatic heterocycles. The number of aliphatic carboxylic acids is 1. The second-order valence-corrected chi connectivity index (χ2v) is 7.11. The SMILES string of the molecule is CC(C)(NS(=O)(=O)c1ccc(-c2ccccc2)cc1)C(=O)O. The summed E-state index contributed by atoms with van der Waals surface area (Å²) in [4.78, 5) is 11.1. The molecule has 0 unspecified atom stereocenters. The molecular weight excluding hydrogens is 302 g/mol. The fourth-order valence-electron chi connectivity index (χ4n) is 1.90. The lowest BCUT2D eigenvalue weighted by atomic mass is 10.1. The third-order valence-electron chi connectivity index (χ3n) is 3.20. The van der Waals surface area contributed by atoms with Crippen LogP contribution in [0, 0.1) is 0 Å². The lowest BCUT2D eigenvalue weighted by Gasteiger charge is -2.20. The number of benzene rings is 2. The Balaban J connectivity index is 2.29. The van der Waals surface area contributed by atoms with Crippen LogP contribution in [0.1, 0.15) is 13.8 Å². The Morgan fingerprint density at radius 1 is 0.955 bits per heavy atom. The number of nitrogens with one attached hydrogen (secondary N) is 1. The van der Waals surface area contributed by atoms with Gasteiger partial charge in [-0.25, -0.2) is 8.42 Å². The fourth-order valence-corrected chi connectivity index (χ4v) is 3.27. The predicted octanol–water partition coefficient (Wildman–Crippen LogP) is 2.50. The van der Waals surface area contributed by atoms with Crippen molar-refractivity contribution in [1.82, 2.24) is 4.72 Å². The molecule has 0 bridgehead atoms. The third kappa shape index (κ3) is 3.52. The molecule has 0 fully saturated rings. The molecule has 0 amide bonds. The highest BCUT2D eigenvalue weighted by Gasteiger charge is 2.32. The summed E-state index contributed by atoms with van der Waals surface area (Å²) in [5.41, 5.74) is 0.291. The van der Waals surface area contributed by atoms with E-state index in [9.17, 15) is 13.2 Å². The lowest BCUT2D eigenvalue weighted by Crippen LogP contribution is -2.49. The van der Waals surface area contributed by atoms with Crippen molar-refractivity contribution in [3.05, 3.63) is 54.6 Å². The van der Waals surface area contributed by atoms with Crippen molar-refractivity contribution in [3.8, 4) is 11.1 Å². The lowest BCUT2D eigenvalue weighted by molar-refractivity contribution is -0.142. The van der Waals surface area contributed by atoms with Crippen molar-refractivity contribution >= 4 is 16.0 Å². The van der Waals surface area contributed by atoms with Crippen LogP contribution in [0.3, 0.4) is 0 Å². The zero-order valence-corrected chi connectivity index (χ0v) is 13.1. The van der Waals surface area contributed by atoms with Gasteiger partial charge in [-0.2, -0.15) is 4.72 Å². The fraction of sp³-hybridized carbons (Fsp3) is 0.188. The molecule has 0 saturated carbocycles. The largest absolute Gasteiger partial charge is 0.480 e. The minimum Gasteiger partial charge on any atom is -0.480 e. The highest BCUT2D eigenvalue weighted by molar-refractivity contribution is 7.89. The summed E-state index contributed by atoms with van der Waals surface area (Å²) < 4.78 is 26.6. The molecule has 0 atom stereocenters. The van der Waals surface area contributed by atoms with Gasteiger partial charge in [0, 0.05) is 0 Å². The molecule has 2 N–H and O–H groups in total. The molecule has 2 aromatic rings. The van der Waals surface area contributed by atoms with Gasteiger partial charge in [0.2, 0.25) is 10.0 Å². The van der Waals surface area contributed by atoms with Gasteiger partial charge in [-0.15, -0.1) is 0 Å². The van der Waals surface area contributed by atoms with Crippen LogP contribution in [-0.2, 0) is 14.8 Å². The molecule has 5 nitrogen and oxygen atoms in total. The number of carboxylic acids is 1. The molecule has 116 valence electrons. The number of hydrogen-bond donors (Lipinski definition) is 2. The van der Waals surface area contributed by atoms with Crippen LogP contribution in [0.2, 0.25) is 0 Å². The van der Waals surface area contributed by atoms with Gasteiger partial charge in [0.05, 0.1) is 4.90 Å². The molecule has 0 saturated heterocycles. The van der Waals surface area contributed by atoms with Crippen molar-refractivity contribution in [3.63, 3.8) is 0 Å². The van der Waals surface area contributed by atoms with Gasteiger partial charge in [-0.3, -0.25) is 4.79 Å². The molecule has 0 spiro atoms. The molecule has 0 radical (unpaired) electrons. The van der Waals surface area contributed by atoms with E-state index in [0.717, 1.165) is 11.1 Å². The monoisotopic (exact) mass is 319 g/mol. The van der Waals surface area contributed by atoms with Crippen LogP contribution < -0.4 is 4.72 Å². The Bertz CT molecular complexity index is 766. The second kappa shape index (κ2) is 5.90. The molecule has 0 aliphatic rings. The summed E-state index contributed by atoms with van der Waals surface area (Å²) in [7, 11) is -3.89. The second-order valence-electron chi connectivity index (χ2n) is 5.43. The van der Waals surface area contributed by atoms with Gasteiger partial charge in [0.25, 0.3) is 0 Å². The van der Waals surface area contributed by atoms with E-state index in [2.05, 4.69) is 4.72 Å². The summed E-state index contributed by atoms with van der Waals surface area (Å²) in [6.45, 7) is 2.59. The van der Waals surface area contributed by atoms with Crippen molar-refractivity contribution in [2.75, 3.05) is 0 Å². The molecule has 0 aliphatic heterocycles. The quantitative estimate of drug-likeness (QED) is 0.887. The Kier molecular flexibility index (Phi) is 4.35. The van der Waals surface area contributed by atoms with Gasteiger partial charge in [-0.1, -0.05) is 42.5 Å².